The number of aromatic nitrogens is 2. The number of rotatable bonds is 9. The lowest BCUT2D eigenvalue weighted by Gasteiger charge is -2.02. The van der Waals surface area contributed by atoms with Crippen LogP contribution in [0, 0.1) is 9.75 Å². The molecular weight excluding hydrogens is 696 g/mol. The molecule has 0 radical (unpaired) electrons. The SMILES string of the molecule is CC(c1nc(Cc2cc(C(=O)c3ccco3)sc2-c2ccc(Cl)cc2)no1)=c1ccc(=c2s/c(=C(\O)c3ccco3)cc2C/C(N)=N\O)cc1. The lowest BCUT2D eigenvalue weighted by Crippen LogP contribution is -2.14. The largest absolute Gasteiger partial charge is 0.503 e. The molecule has 0 aliphatic rings. The van der Waals surface area contributed by atoms with Crippen LogP contribution in [0.25, 0.3) is 21.8 Å². The number of amidine groups is 1. The van der Waals surface area contributed by atoms with E-state index in [2.05, 4.69) is 10.3 Å². The standard InChI is InChI=1S/C37H27ClN4O6S2/c1-20(21-6-8-22(9-7-21)35-24(18-31(39)41-45)16-29(49-35)33(43)27-4-2-14-46-27)37-40-32(42-48-37)19-25-17-30(34(44)28-5-3-15-47-28)50-36(25)23-10-12-26(38)13-11-23/h2-17,43,45H,18-19H2,1H3,(H2,39,41)/b21-20?,33-29-,35-22?. The van der Waals surface area contributed by atoms with E-state index in [1.807, 2.05) is 67.6 Å². The molecule has 0 unspecified atom stereocenters. The number of hydrogen-bond acceptors (Lipinski definition) is 11. The highest BCUT2D eigenvalue weighted by Gasteiger charge is 2.21. The van der Waals surface area contributed by atoms with Gasteiger partial charge >= 0.3 is 0 Å². The van der Waals surface area contributed by atoms with E-state index in [0.29, 0.717) is 38.3 Å². The van der Waals surface area contributed by atoms with E-state index in [9.17, 15) is 15.1 Å². The summed E-state index contributed by atoms with van der Waals surface area (Å²) in [5.74, 6) is 1.29. The smallest absolute Gasteiger partial charge is 0.254 e. The minimum atomic E-state index is -0.203. The predicted molar refractivity (Wildman–Crippen MR) is 191 cm³/mol. The number of thiophene rings is 2. The Morgan fingerprint density at radius 1 is 0.940 bits per heavy atom. The van der Waals surface area contributed by atoms with Gasteiger partial charge in [-0.1, -0.05) is 58.3 Å². The average Bonchev–Trinajstić information content (AvgIpc) is 3.99. The van der Waals surface area contributed by atoms with Crippen molar-refractivity contribution in [2.75, 3.05) is 0 Å². The first-order chi connectivity index (χ1) is 24.3. The molecule has 13 heteroatoms. The van der Waals surface area contributed by atoms with Crippen LogP contribution in [0.15, 0.2) is 116 Å². The molecule has 0 bridgehead atoms. The van der Waals surface area contributed by atoms with Crippen molar-refractivity contribution in [1.29, 1.82) is 0 Å². The Morgan fingerprint density at radius 2 is 1.66 bits per heavy atom. The van der Waals surface area contributed by atoms with Crippen LogP contribution < -0.4 is 15.5 Å². The molecule has 0 saturated carbocycles. The van der Waals surface area contributed by atoms with E-state index in [1.54, 1.807) is 24.3 Å². The van der Waals surface area contributed by atoms with Gasteiger partial charge in [0.1, 0.15) is 5.84 Å². The average molecular weight is 723 g/mol. The van der Waals surface area contributed by atoms with Crippen LogP contribution in [0.3, 0.4) is 0 Å². The maximum atomic E-state index is 13.1. The van der Waals surface area contributed by atoms with Crippen molar-refractivity contribution in [2.24, 2.45) is 10.9 Å². The van der Waals surface area contributed by atoms with Crippen LogP contribution >= 0.6 is 34.3 Å². The monoisotopic (exact) mass is 722 g/mol. The molecule has 250 valence electrons. The highest BCUT2D eigenvalue weighted by molar-refractivity contribution is 7.17. The molecule has 0 aliphatic heterocycles. The summed E-state index contributed by atoms with van der Waals surface area (Å²) in [5.41, 5.74) is 9.21. The quantitative estimate of drug-likeness (QED) is 0.0467. The van der Waals surface area contributed by atoms with Gasteiger partial charge in [0.15, 0.2) is 23.1 Å². The van der Waals surface area contributed by atoms with Gasteiger partial charge in [0.2, 0.25) is 5.78 Å². The van der Waals surface area contributed by atoms with Crippen molar-refractivity contribution in [3.05, 3.63) is 161 Å². The number of halogens is 1. The summed E-state index contributed by atoms with van der Waals surface area (Å²) in [6.45, 7) is 1.90. The summed E-state index contributed by atoms with van der Waals surface area (Å²) < 4.78 is 17.9. The third-order valence-corrected chi connectivity index (χ3v) is 10.6. The topological polar surface area (TPSA) is 161 Å². The minimum Gasteiger partial charge on any atom is -0.503 e. The third kappa shape index (κ3) is 6.77. The Balaban J connectivity index is 1.23. The number of nitrogens with zero attached hydrogens (tertiary/aromatic N) is 3. The summed E-state index contributed by atoms with van der Waals surface area (Å²) in [4.78, 5) is 19.3. The fourth-order valence-electron chi connectivity index (χ4n) is 5.38. The zero-order valence-corrected chi connectivity index (χ0v) is 28.7. The molecule has 7 aromatic rings. The highest BCUT2D eigenvalue weighted by Crippen LogP contribution is 2.36. The van der Waals surface area contributed by atoms with Crippen molar-refractivity contribution < 1.29 is 28.5 Å². The first-order valence-corrected chi connectivity index (χ1v) is 17.2. The van der Waals surface area contributed by atoms with Gasteiger partial charge in [-0.15, -0.1) is 22.7 Å². The second-order valence-electron chi connectivity index (χ2n) is 11.2. The Kier molecular flexibility index (Phi) is 9.22. The lowest BCUT2D eigenvalue weighted by molar-refractivity contribution is 0.101. The molecule has 2 aromatic carbocycles. The van der Waals surface area contributed by atoms with E-state index < -0.39 is 0 Å². The first-order valence-electron chi connectivity index (χ1n) is 15.2. The molecular formula is C37H27ClN4O6S2. The van der Waals surface area contributed by atoms with Crippen molar-refractivity contribution in [3.8, 4) is 10.4 Å². The number of nitrogens with two attached hydrogens (primary N) is 1. The number of benzene rings is 2. The van der Waals surface area contributed by atoms with Crippen molar-refractivity contribution in [2.45, 2.75) is 19.8 Å². The summed E-state index contributed by atoms with van der Waals surface area (Å²) in [6, 6.07) is 25.6. The Hall–Kier alpha value is -5.69. The fourth-order valence-corrected chi connectivity index (χ4v) is 7.77. The molecule has 0 atom stereocenters. The van der Waals surface area contributed by atoms with E-state index >= 15 is 0 Å². The zero-order chi connectivity index (χ0) is 34.8. The molecule has 0 spiro atoms. The summed E-state index contributed by atoms with van der Waals surface area (Å²) in [6.07, 6.45) is 3.49. The third-order valence-electron chi connectivity index (χ3n) is 7.90. The van der Waals surface area contributed by atoms with Gasteiger partial charge in [0.05, 0.1) is 21.9 Å². The molecule has 5 heterocycles. The molecule has 0 amide bonds. The summed E-state index contributed by atoms with van der Waals surface area (Å²) in [5, 5.41) is 29.8. The molecule has 0 saturated heterocycles. The van der Waals surface area contributed by atoms with Gasteiger partial charge in [-0.2, -0.15) is 4.98 Å². The van der Waals surface area contributed by atoms with Gasteiger partial charge in [-0.3, -0.25) is 4.79 Å². The van der Waals surface area contributed by atoms with Crippen molar-refractivity contribution in [1.82, 2.24) is 10.1 Å². The first kappa shape index (κ1) is 32.8. The molecule has 7 rings (SSSR count). The number of furan rings is 2. The Labute approximate surface area is 297 Å². The molecule has 0 aliphatic carbocycles. The minimum absolute atomic E-state index is 0.00286. The molecule has 5 aromatic heterocycles. The summed E-state index contributed by atoms with van der Waals surface area (Å²) in [7, 11) is 0. The van der Waals surface area contributed by atoms with Crippen LogP contribution in [-0.4, -0.2) is 32.1 Å². The number of oxime groups is 1. The maximum absolute atomic E-state index is 13.1. The summed E-state index contributed by atoms with van der Waals surface area (Å²) >= 11 is 8.89. The van der Waals surface area contributed by atoms with Crippen molar-refractivity contribution in [3.63, 3.8) is 0 Å². The molecule has 0 fully saturated rings. The van der Waals surface area contributed by atoms with Gasteiger partial charge < -0.3 is 29.4 Å². The second kappa shape index (κ2) is 14.0. The molecule has 4 N–H and O–H groups in total. The van der Waals surface area contributed by atoms with Gasteiger partial charge in [0, 0.05) is 32.8 Å². The predicted octanol–water partition coefficient (Wildman–Crippen LogP) is 7.03. The van der Waals surface area contributed by atoms with Gasteiger partial charge in [-0.05, 0) is 82.6 Å². The Morgan fingerprint density at radius 3 is 2.34 bits per heavy atom. The van der Waals surface area contributed by atoms with E-state index in [-0.39, 0.29) is 29.6 Å². The van der Waals surface area contributed by atoms with Crippen LogP contribution in [0.4, 0.5) is 0 Å². The number of ketones is 1. The maximum Gasteiger partial charge on any atom is 0.254 e. The molecule has 10 nitrogen and oxygen atoms in total. The van der Waals surface area contributed by atoms with E-state index in [4.69, 9.17) is 35.7 Å². The number of aliphatic hydroxyl groups excluding tert-OH is 1. The lowest BCUT2D eigenvalue weighted by atomic mass is 10.1. The van der Waals surface area contributed by atoms with Gasteiger partial charge in [0.25, 0.3) is 5.89 Å². The van der Waals surface area contributed by atoms with Crippen LogP contribution in [0.5, 0.6) is 0 Å². The number of aliphatic hydroxyl groups is 1. The second-order valence-corrected chi connectivity index (χ2v) is 13.8. The fraction of sp³-hybridized carbons (Fsp3) is 0.0811. The van der Waals surface area contributed by atoms with Crippen LogP contribution in [-0.2, 0) is 12.8 Å². The van der Waals surface area contributed by atoms with Gasteiger partial charge in [-0.25, -0.2) is 0 Å². The van der Waals surface area contributed by atoms with Crippen LogP contribution in [0.2, 0.25) is 5.02 Å². The zero-order valence-electron chi connectivity index (χ0n) is 26.3. The Bertz CT molecular complexity index is 2540. The van der Waals surface area contributed by atoms with Crippen LogP contribution in [0.1, 0.15) is 51.0 Å². The van der Waals surface area contributed by atoms with Crippen molar-refractivity contribution >= 4 is 57.2 Å². The van der Waals surface area contributed by atoms with E-state index in [0.717, 1.165) is 42.1 Å². The number of carbonyl (C=O) groups is 1. The number of hydrogen-bond donors (Lipinski definition) is 3. The van der Waals surface area contributed by atoms with E-state index in [1.165, 1.54) is 35.2 Å². The molecule has 50 heavy (non-hydrogen) atoms. The normalized spacial score (nSPS) is 12.3. The highest BCUT2D eigenvalue weighted by atomic mass is 35.5. The number of carbonyl (C=O) groups excluding carboxylic acids is 1.